The van der Waals surface area contributed by atoms with Crippen LogP contribution in [-0.4, -0.2) is 25.8 Å². The van der Waals surface area contributed by atoms with Gasteiger partial charge in [0.05, 0.1) is 12.7 Å². The van der Waals surface area contributed by atoms with E-state index >= 15 is 0 Å². The molecule has 0 heterocycles. The molecule has 2 nitrogen and oxygen atoms in total. The Hall–Kier alpha value is -0.0800. The molecule has 0 spiro atoms. The van der Waals surface area contributed by atoms with Crippen LogP contribution in [0.25, 0.3) is 0 Å². The number of ether oxygens (including phenoxy) is 1. The zero-order valence-electron chi connectivity index (χ0n) is 11.7. The van der Waals surface area contributed by atoms with E-state index in [9.17, 15) is 0 Å². The summed E-state index contributed by atoms with van der Waals surface area (Å²) in [5.74, 6) is 0. The summed E-state index contributed by atoms with van der Waals surface area (Å²) in [6.07, 6.45) is 14.1. The summed E-state index contributed by atoms with van der Waals surface area (Å²) in [4.78, 5) is 0. The van der Waals surface area contributed by atoms with Gasteiger partial charge in [0.15, 0.2) is 0 Å². The molecule has 0 radical (unpaired) electrons. The van der Waals surface area contributed by atoms with Gasteiger partial charge in [-0.15, -0.1) is 0 Å². The van der Waals surface area contributed by atoms with Crippen molar-refractivity contribution in [1.82, 2.24) is 5.32 Å². The largest absolute Gasteiger partial charge is 0.377 e. The maximum absolute atomic E-state index is 5.87. The lowest BCUT2D eigenvalue weighted by Crippen LogP contribution is -2.25. The summed E-state index contributed by atoms with van der Waals surface area (Å²) in [5, 5.41) is 3.48. The molecule has 2 heteroatoms. The Kier molecular flexibility index (Phi) is 9.72. The highest BCUT2D eigenvalue weighted by Gasteiger charge is 2.12. The normalized spacial score (nSPS) is 17.5. The molecule has 0 atom stereocenters. The highest BCUT2D eigenvalue weighted by Crippen LogP contribution is 2.19. The molecule has 1 N–H and O–H groups in total. The SMILES string of the molecule is CCCCCCCNCCOC1CCCCC1. The first-order valence-electron chi connectivity index (χ1n) is 7.76. The number of unbranched alkanes of at least 4 members (excludes halogenated alkanes) is 4. The summed E-state index contributed by atoms with van der Waals surface area (Å²) in [6, 6.07) is 0. The predicted molar refractivity (Wildman–Crippen MR) is 74.5 cm³/mol. The van der Waals surface area contributed by atoms with Crippen molar-refractivity contribution >= 4 is 0 Å². The van der Waals surface area contributed by atoms with E-state index in [1.807, 2.05) is 0 Å². The minimum atomic E-state index is 0.565. The van der Waals surface area contributed by atoms with Crippen LogP contribution in [0.15, 0.2) is 0 Å². The van der Waals surface area contributed by atoms with Gasteiger partial charge in [-0.25, -0.2) is 0 Å². The van der Waals surface area contributed by atoms with Crippen LogP contribution in [-0.2, 0) is 4.74 Å². The first-order chi connectivity index (χ1) is 8.43. The Bertz CT molecular complexity index is 155. The number of nitrogens with one attached hydrogen (secondary N) is 1. The van der Waals surface area contributed by atoms with E-state index in [2.05, 4.69) is 12.2 Å². The molecule has 0 amide bonds. The summed E-state index contributed by atoms with van der Waals surface area (Å²) < 4.78 is 5.87. The van der Waals surface area contributed by atoms with Crippen LogP contribution in [0.5, 0.6) is 0 Å². The third kappa shape index (κ3) is 8.62. The molecule has 0 aliphatic heterocycles. The van der Waals surface area contributed by atoms with E-state index in [1.54, 1.807) is 0 Å². The van der Waals surface area contributed by atoms with Crippen LogP contribution in [0.2, 0.25) is 0 Å². The van der Waals surface area contributed by atoms with Gasteiger partial charge in [0.1, 0.15) is 0 Å². The molecule has 17 heavy (non-hydrogen) atoms. The molecule has 0 aromatic heterocycles. The van der Waals surface area contributed by atoms with Gasteiger partial charge in [0, 0.05) is 6.54 Å². The van der Waals surface area contributed by atoms with Gasteiger partial charge in [-0.3, -0.25) is 0 Å². The van der Waals surface area contributed by atoms with Crippen LogP contribution < -0.4 is 5.32 Å². The fourth-order valence-corrected chi connectivity index (χ4v) is 2.51. The van der Waals surface area contributed by atoms with E-state index in [4.69, 9.17) is 4.74 Å². The third-order valence-electron chi connectivity index (χ3n) is 3.64. The first-order valence-corrected chi connectivity index (χ1v) is 7.76. The van der Waals surface area contributed by atoms with E-state index in [0.717, 1.165) is 19.7 Å². The lowest BCUT2D eigenvalue weighted by Gasteiger charge is -2.22. The number of hydrogen-bond donors (Lipinski definition) is 1. The summed E-state index contributed by atoms with van der Waals surface area (Å²) in [5.41, 5.74) is 0. The molecule has 1 aliphatic rings. The molecule has 1 fully saturated rings. The fourth-order valence-electron chi connectivity index (χ4n) is 2.51. The Morgan fingerprint density at radius 3 is 2.47 bits per heavy atom. The second kappa shape index (κ2) is 11.0. The van der Waals surface area contributed by atoms with Crippen molar-refractivity contribution in [2.75, 3.05) is 19.7 Å². The van der Waals surface area contributed by atoms with Gasteiger partial charge in [0.25, 0.3) is 0 Å². The highest BCUT2D eigenvalue weighted by molar-refractivity contribution is 4.65. The molecular formula is C15H31NO. The van der Waals surface area contributed by atoms with E-state index in [1.165, 1.54) is 64.2 Å². The number of rotatable bonds is 10. The van der Waals surface area contributed by atoms with Crippen molar-refractivity contribution in [3.05, 3.63) is 0 Å². The van der Waals surface area contributed by atoms with Crippen molar-refractivity contribution in [2.45, 2.75) is 77.2 Å². The standard InChI is InChI=1S/C15H31NO/c1-2-3-4-5-9-12-16-13-14-17-15-10-7-6-8-11-15/h15-16H,2-14H2,1H3. The topological polar surface area (TPSA) is 21.3 Å². The second-order valence-corrected chi connectivity index (χ2v) is 5.30. The van der Waals surface area contributed by atoms with Crippen molar-refractivity contribution in [2.24, 2.45) is 0 Å². The van der Waals surface area contributed by atoms with Crippen LogP contribution in [0, 0.1) is 0 Å². The molecule has 0 saturated heterocycles. The summed E-state index contributed by atoms with van der Waals surface area (Å²) in [7, 11) is 0. The Balaban J connectivity index is 1.75. The van der Waals surface area contributed by atoms with Crippen LogP contribution in [0.4, 0.5) is 0 Å². The maximum Gasteiger partial charge on any atom is 0.0594 e. The van der Waals surface area contributed by atoms with Crippen molar-refractivity contribution in [3.63, 3.8) is 0 Å². The van der Waals surface area contributed by atoms with Gasteiger partial charge < -0.3 is 10.1 Å². The molecule has 0 aromatic rings. The quantitative estimate of drug-likeness (QED) is 0.586. The van der Waals surface area contributed by atoms with Crippen LogP contribution in [0.1, 0.15) is 71.1 Å². The zero-order chi connectivity index (χ0) is 12.2. The monoisotopic (exact) mass is 241 g/mol. The lowest BCUT2D eigenvalue weighted by atomic mass is 9.98. The van der Waals surface area contributed by atoms with Gasteiger partial charge in [0.2, 0.25) is 0 Å². The zero-order valence-corrected chi connectivity index (χ0v) is 11.7. The van der Waals surface area contributed by atoms with Gasteiger partial charge in [-0.2, -0.15) is 0 Å². The molecule has 102 valence electrons. The Morgan fingerprint density at radius 1 is 0.941 bits per heavy atom. The molecule has 0 unspecified atom stereocenters. The average molecular weight is 241 g/mol. The minimum absolute atomic E-state index is 0.565. The molecule has 1 aliphatic carbocycles. The third-order valence-corrected chi connectivity index (χ3v) is 3.64. The van der Waals surface area contributed by atoms with Crippen LogP contribution >= 0.6 is 0 Å². The van der Waals surface area contributed by atoms with Crippen molar-refractivity contribution < 1.29 is 4.74 Å². The smallest absolute Gasteiger partial charge is 0.0594 e. The van der Waals surface area contributed by atoms with Gasteiger partial charge in [-0.1, -0.05) is 51.9 Å². The second-order valence-electron chi connectivity index (χ2n) is 5.30. The van der Waals surface area contributed by atoms with Crippen molar-refractivity contribution in [3.8, 4) is 0 Å². The van der Waals surface area contributed by atoms with E-state index in [0.29, 0.717) is 6.10 Å². The molecule has 0 bridgehead atoms. The number of hydrogen-bond acceptors (Lipinski definition) is 2. The molecule has 1 rings (SSSR count). The molecule has 0 aromatic carbocycles. The Morgan fingerprint density at radius 2 is 1.71 bits per heavy atom. The van der Waals surface area contributed by atoms with Gasteiger partial charge in [-0.05, 0) is 25.8 Å². The average Bonchev–Trinajstić information content (AvgIpc) is 2.38. The molecule has 1 saturated carbocycles. The predicted octanol–water partition coefficient (Wildman–Crippen LogP) is 3.90. The van der Waals surface area contributed by atoms with Gasteiger partial charge >= 0.3 is 0 Å². The summed E-state index contributed by atoms with van der Waals surface area (Å²) in [6.45, 7) is 5.36. The lowest BCUT2D eigenvalue weighted by molar-refractivity contribution is 0.0303. The molecular weight excluding hydrogens is 210 g/mol. The first kappa shape index (κ1) is 15.0. The highest BCUT2D eigenvalue weighted by atomic mass is 16.5. The van der Waals surface area contributed by atoms with Crippen LogP contribution in [0.3, 0.4) is 0 Å². The minimum Gasteiger partial charge on any atom is -0.377 e. The van der Waals surface area contributed by atoms with E-state index in [-0.39, 0.29) is 0 Å². The van der Waals surface area contributed by atoms with Crippen molar-refractivity contribution in [1.29, 1.82) is 0 Å². The maximum atomic E-state index is 5.87. The Labute approximate surface area is 108 Å². The summed E-state index contributed by atoms with van der Waals surface area (Å²) >= 11 is 0. The fraction of sp³-hybridized carbons (Fsp3) is 1.00. The van der Waals surface area contributed by atoms with E-state index < -0.39 is 0 Å².